The van der Waals surface area contributed by atoms with Crippen LogP contribution in [0, 0.1) is 11.3 Å². The standard InChI is InChI=1S/C12H11N3O2/c13-6-5-8-1-3-9(4-2-8)14-10-7-11(16)15-12(10)17/h1-4,10,14H,5,7H2,(H,15,16,17). The van der Waals surface area contributed by atoms with Crippen molar-refractivity contribution in [3.63, 3.8) is 0 Å². The molecule has 2 rings (SSSR count). The van der Waals surface area contributed by atoms with Crippen molar-refractivity contribution >= 4 is 17.5 Å². The molecule has 1 unspecified atom stereocenters. The van der Waals surface area contributed by atoms with E-state index in [2.05, 4.69) is 16.7 Å². The Kier molecular flexibility index (Phi) is 3.06. The highest BCUT2D eigenvalue weighted by Gasteiger charge is 2.30. The highest BCUT2D eigenvalue weighted by Crippen LogP contribution is 2.14. The molecule has 1 aliphatic heterocycles. The quantitative estimate of drug-likeness (QED) is 0.743. The van der Waals surface area contributed by atoms with E-state index < -0.39 is 6.04 Å². The molecule has 0 bridgehead atoms. The van der Waals surface area contributed by atoms with Crippen LogP contribution in [0.1, 0.15) is 12.0 Å². The predicted octanol–water partition coefficient (Wildman–Crippen LogP) is 0.580. The molecule has 1 aromatic rings. The van der Waals surface area contributed by atoms with Gasteiger partial charge in [0.2, 0.25) is 11.8 Å². The Morgan fingerprint density at radius 2 is 2.06 bits per heavy atom. The molecular weight excluding hydrogens is 218 g/mol. The van der Waals surface area contributed by atoms with Crippen LogP contribution in [0.3, 0.4) is 0 Å². The largest absolute Gasteiger partial charge is 0.373 e. The zero-order chi connectivity index (χ0) is 12.3. The minimum Gasteiger partial charge on any atom is -0.373 e. The third-order valence-corrected chi connectivity index (χ3v) is 2.55. The summed E-state index contributed by atoms with van der Waals surface area (Å²) in [5.74, 6) is -0.551. The number of carbonyl (C=O) groups excluding carboxylic acids is 2. The van der Waals surface area contributed by atoms with Gasteiger partial charge in [0.1, 0.15) is 6.04 Å². The Labute approximate surface area is 98.4 Å². The number of carbonyl (C=O) groups is 2. The number of imide groups is 1. The number of rotatable bonds is 3. The van der Waals surface area contributed by atoms with Gasteiger partial charge in [-0.15, -0.1) is 0 Å². The molecule has 17 heavy (non-hydrogen) atoms. The van der Waals surface area contributed by atoms with Gasteiger partial charge < -0.3 is 5.32 Å². The lowest BCUT2D eigenvalue weighted by molar-refractivity contribution is -0.124. The number of nitrogens with zero attached hydrogens (tertiary/aromatic N) is 1. The summed E-state index contributed by atoms with van der Waals surface area (Å²) in [4.78, 5) is 22.3. The molecule has 5 nitrogen and oxygen atoms in total. The molecule has 1 saturated heterocycles. The predicted molar refractivity (Wildman–Crippen MR) is 60.9 cm³/mol. The van der Waals surface area contributed by atoms with E-state index in [1.807, 2.05) is 12.1 Å². The molecule has 1 atom stereocenters. The van der Waals surface area contributed by atoms with E-state index in [-0.39, 0.29) is 18.2 Å². The van der Waals surface area contributed by atoms with Crippen molar-refractivity contribution in [3.05, 3.63) is 29.8 Å². The minimum absolute atomic E-state index is 0.165. The van der Waals surface area contributed by atoms with Gasteiger partial charge >= 0.3 is 0 Å². The molecular formula is C12H11N3O2. The van der Waals surface area contributed by atoms with E-state index in [9.17, 15) is 9.59 Å². The van der Waals surface area contributed by atoms with Gasteiger partial charge in [-0.2, -0.15) is 5.26 Å². The fraction of sp³-hybridized carbons (Fsp3) is 0.250. The number of hydrogen-bond acceptors (Lipinski definition) is 4. The molecule has 0 aromatic heterocycles. The van der Waals surface area contributed by atoms with Gasteiger partial charge in [-0.1, -0.05) is 12.1 Å². The Balaban J connectivity index is 2.02. The molecule has 1 aliphatic rings. The molecule has 2 N–H and O–H groups in total. The molecule has 5 heteroatoms. The Bertz CT molecular complexity index is 487. The van der Waals surface area contributed by atoms with Crippen molar-refractivity contribution in [2.24, 2.45) is 0 Å². The summed E-state index contributed by atoms with van der Waals surface area (Å²) in [5, 5.41) is 13.7. The molecule has 0 spiro atoms. The van der Waals surface area contributed by atoms with Crippen LogP contribution in [-0.2, 0) is 16.0 Å². The third-order valence-electron chi connectivity index (χ3n) is 2.55. The monoisotopic (exact) mass is 229 g/mol. The van der Waals surface area contributed by atoms with Crippen molar-refractivity contribution in [1.82, 2.24) is 5.32 Å². The zero-order valence-corrected chi connectivity index (χ0v) is 9.06. The Morgan fingerprint density at radius 3 is 2.59 bits per heavy atom. The van der Waals surface area contributed by atoms with E-state index in [1.165, 1.54) is 0 Å². The maximum atomic E-state index is 11.3. The van der Waals surface area contributed by atoms with Crippen LogP contribution in [0.2, 0.25) is 0 Å². The van der Waals surface area contributed by atoms with Crippen LogP contribution in [0.25, 0.3) is 0 Å². The van der Waals surface area contributed by atoms with Gasteiger partial charge in [-0.3, -0.25) is 14.9 Å². The summed E-state index contributed by atoms with van der Waals surface area (Å²) in [7, 11) is 0. The lowest BCUT2D eigenvalue weighted by Gasteiger charge is -2.10. The number of nitriles is 1. The van der Waals surface area contributed by atoms with Gasteiger partial charge in [-0.25, -0.2) is 0 Å². The number of amides is 2. The van der Waals surface area contributed by atoms with Crippen LogP contribution in [0.4, 0.5) is 5.69 Å². The fourth-order valence-corrected chi connectivity index (χ4v) is 1.68. The van der Waals surface area contributed by atoms with E-state index in [0.717, 1.165) is 11.3 Å². The summed E-state index contributed by atoms with van der Waals surface area (Å²) in [5.41, 5.74) is 1.69. The van der Waals surface area contributed by atoms with E-state index in [1.54, 1.807) is 12.1 Å². The van der Waals surface area contributed by atoms with E-state index in [0.29, 0.717) is 6.42 Å². The molecule has 1 fully saturated rings. The third kappa shape index (κ3) is 2.61. The van der Waals surface area contributed by atoms with Crippen LogP contribution in [-0.4, -0.2) is 17.9 Å². The zero-order valence-electron chi connectivity index (χ0n) is 9.06. The second-order valence-corrected chi connectivity index (χ2v) is 3.85. The van der Waals surface area contributed by atoms with Crippen molar-refractivity contribution in [1.29, 1.82) is 5.26 Å². The molecule has 0 radical (unpaired) electrons. The van der Waals surface area contributed by atoms with Gasteiger partial charge in [0, 0.05) is 5.69 Å². The first-order valence-electron chi connectivity index (χ1n) is 5.25. The summed E-state index contributed by atoms with van der Waals surface area (Å²) in [6, 6.07) is 8.79. The first-order chi connectivity index (χ1) is 8.19. The molecule has 86 valence electrons. The molecule has 1 aromatic carbocycles. The van der Waals surface area contributed by atoms with Gasteiger partial charge in [-0.05, 0) is 17.7 Å². The second kappa shape index (κ2) is 4.66. The SMILES string of the molecule is N#CCc1ccc(NC2CC(=O)NC2=O)cc1. The summed E-state index contributed by atoms with van der Waals surface area (Å²) in [6.45, 7) is 0. The fourth-order valence-electron chi connectivity index (χ4n) is 1.68. The topological polar surface area (TPSA) is 82.0 Å². The van der Waals surface area contributed by atoms with E-state index >= 15 is 0 Å². The van der Waals surface area contributed by atoms with Crippen molar-refractivity contribution in [2.75, 3.05) is 5.32 Å². The second-order valence-electron chi connectivity index (χ2n) is 3.85. The Hall–Kier alpha value is -2.35. The molecule has 0 saturated carbocycles. The maximum absolute atomic E-state index is 11.3. The highest BCUT2D eigenvalue weighted by atomic mass is 16.2. The minimum atomic E-state index is -0.496. The average molecular weight is 229 g/mol. The van der Waals surface area contributed by atoms with Crippen molar-refractivity contribution in [2.45, 2.75) is 18.9 Å². The van der Waals surface area contributed by atoms with Crippen LogP contribution < -0.4 is 10.6 Å². The van der Waals surface area contributed by atoms with Gasteiger partial charge in [0.25, 0.3) is 0 Å². The molecule has 1 heterocycles. The summed E-state index contributed by atoms with van der Waals surface area (Å²) < 4.78 is 0. The maximum Gasteiger partial charge on any atom is 0.249 e. The lowest BCUT2D eigenvalue weighted by Crippen LogP contribution is -2.29. The highest BCUT2D eigenvalue weighted by molar-refractivity contribution is 6.06. The molecule has 0 aliphatic carbocycles. The first kappa shape index (κ1) is 11.1. The van der Waals surface area contributed by atoms with E-state index in [4.69, 9.17) is 5.26 Å². The van der Waals surface area contributed by atoms with Crippen molar-refractivity contribution in [3.8, 4) is 6.07 Å². The summed E-state index contributed by atoms with van der Waals surface area (Å²) in [6.07, 6.45) is 0.529. The van der Waals surface area contributed by atoms with Gasteiger partial charge in [0.05, 0.1) is 18.9 Å². The normalized spacial score (nSPS) is 18.6. The number of benzene rings is 1. The lowest BCUT2D eigenvalue weighted by atomic mass is 10.1. The molecule has 2 amide bonds. The van der Waals surface area contributed by atoms with Crippen LogP contribution in [0.5, 0.6) is 0 Å². The number of anilines is 1. The Morgan fingerprint density at radius 1 is 1.35 bits per heavy atom. The number of nitrogens with one attached hydrogen (secondary N) is 2. The van der Waals surface area contributed by atoms with Crippen LogP contribution >= 0.6 is 0 Å². The van der Waals surface area contributed by atoms with Crippen LogP contribution in [0.15, 0.2) is 24.3 Å². The van der Waals surface area contributed by atoms with Crippen molar-refractivity contribution < 1.29 is 9.59 Å². The summed E-state index contributed by atoms with van der Waals surface area (Å²) >= 11 is 0. The number of hydrogen-bond donors (Lipinski definition) is 2. The smallest absolute Gasteiger partial charge is 0.249 e. The first-order valence-corrected chi connectivity index (χ1v) is 5.25. The van der Waals surface area contributed by atoms with Gasteiger partial charge in [0.15, 0.2) is 0 Å². The average Bonchev–Trinajstić information content (AvgIpc) is 2.61.